The molecule has 31 heavy (non-hydrogen) atoms. The van der Waals surface area contributed by atoms with Gasteiger partial charge in [0.1, 0.15) is 6.04 Å². The number of nitrogens with zero attached hydrogens (tertiary/aromatic N) is 1. The van der Waals surface area contributed by atoms with E-state index in [1.165, 1.54) is 28.6 Å². The van der Waals surface area contributed by atoms with E-state index in [-0.39, 0.29) is 17.3 Å². The van der Waals surface area contributed by atoms with Crippen LogP contribution in [0.2, 0.25) is 5.02 Å². The van der Waals surface area contributed by atoms with E-state index in [0.717, 1.165) is 22.3 Å². The number of rotatable bonds is 4. The van der Waals surface area contributed by atoms with Crippen molar-refractivity contribution in [3.05, 3.63) is 94.0 Å². The molecule has 0 saturated heterocycles. The fourth-order valence-corrected chi connectivity index (χ4v) is 5.51. The van der Waals surface area contributed by atoms with Crippen LogP contribution >= 0.6 is 11.6 Å². The number of nitrogens with one attached hydrogen (secondary N) is 1. The minimum Gasteiger partial charge on any atom is -0.324 e. The van der Waals surface area contributed by atoms with Crippen molar-refractivity contribution in [2.24, 2.45) is 0 Å². The topological polar surface area (TPSA) is 66.5 Å². The van der Waals surface area contributed by atoms with Gasteiger partial charge in [-0.1, -0.05) is 48.0 Å². The number of benzene rings is 3. The number of amides is 1. The molecule has 0 bridgehead atoms. The van der Waals surface area contributed by atoms with Crippen molar-refractivity contribution in [2.45, 2.75) is 37.8 Å². The highest BCUT2D eigenvalue weighted by molar-refractivity contribution is 7.89. The molecule has 1 amide bonds. The Bertz CT molecular complexity index is 1240. The highest BCUT2D eigenvalue weighted by Crippen LogP contribution is 2.30. The van der Waals surface area contributed by atoms with Crippen molar-refractivity contribution >= 4 is 33.2 Å². The van der Waals surface area contributed by atoms with Crippen LogP contribution in [0.5, 0.6) is 0 Å². The molecule has 1 aliphatic heterocycles. The van der Waals surface area contributed by atoms with Crippen molar-refractivity contribution in [2.75, 3.05) is 5.32 Å². The summed E-state index contributed by atoms with van der Waals surface area (Å²) < 4.78 is 28.3. The van der Waals surface area contributed by atoms with Gasteiger partial charge in [0.25, 0.3) is 0 Å². The van der Waals surface area contributed by atoms with Crippen LogP contribution in [0.1, 0.15) is 22.3 Å². The first kappa shape index (κ1) is 21.6. The molecule has 1 aliphatic rings. The number of hydrogen-bond donors (Lipinski definition) is 1. The van der Waals surface area contributed by atoms with E-state index in [9.17, 15) is 13.2 Å². The Hall–Kier alpha value is -2.67. The molecule has 1 heterocycles. The summed E-state index contributed by atoms with van der Waals surface area (Å²) in [6, 6.07) is 18.5. The Morgan fingerprint density at radius 2 is 1.65 bits per heavy atom. The molecule has 0 saturated carbocycles. The van der Waals surface area contributed by atoms with Gasteiger partial charge < -0.3 is 5.32 Å². The third-order valence-electron chi connectivity index (χ3n) is 5.79. The van der Waals surface area contributed by atoms with Crippen molar-refractivity contribution in [3.63, 3.8) is 0 Å². The molecule has 1 N–H and O–H groups in total. The zero-order valence-corrected chi connectivity index (χ0v) is 18.9. The van der Waals surface area contributed by atoms with Gasteiger partial charge in [0.15, 0.2) is 0 Å². The largest absolute Gasteiger partial charge is 0.324 e. The summed E-state index contributed by atoms with van der Waals surface area (Å²) in [6.07, 6.45) is 0.305. The lowest BCUT2D eigenvalue weighted by Gasteiger charge is -2.35. The predicted molar refractivity (Wildman–Crippen MR) is 123 cm³/mol. The lowest BCUT2D eigenvalue weighted by molar-refractivity contribution is -0.120. The van der Waals surface area contributed by atoms with E-state index in [2.05, 4.69) is 5.32 Å². The Labute approximate surface area is 187 Å². The van der Waals surface area contributed by atoms with E-state index >= 15 is 0 Å². The van der Waals surface area contributed by atoms with Gasteiger partial charge in [-0.2, -0.15) is 4.31 Å². The third-order valence-corrected chi connectivity index (χ3v) is 7.91. The number of halogens is 1. The van der Waals surface area contributed by atoms with Crippen LogP contribution in [0.15, 0.2) is 71.6 Å². The molecule has 160 valence electrons. The highest BCUT2D eigenvalue weighted by Gasteiger charge is 2.39. The first-order chi connectivity index (χ1) is 14.8. The second-order valence-corrected chi connectivity index (χ2v) is 10.1. The molecule has 0 radical (unpaired) electrons. The fourth-order valence-electron chi connectivity index (χ4n) is 3.82. The maximum absolute atomic E-state index is 13.5. The van der Waals surface area contributed by atoms with E-state index < -0.39 is 16.1 Å². The molecule has 3 aromatic rings. The molecule has 1 atom stereocenters. The van der Waals surface area contributed by atoms with Gasteiger partial charge >= 0.3 is 0 Å². The van der Waals surface area contributed by atoms with E-state index in [1.54, 1.807) is 0 Å². The van der Waals surface area contributed by atoms with Gasteiger partial charge in [0.2, 0.25) is 15.9 Å². The minimum atomic E-state index is -3.91. The zero-order chi connectivity index (χ0) is 22.2. The van der Waals surface area contributed by atoms with Crippen LogP contribution in [0, 0.1) is 13.8 Å². The van der Waals surface area contributed by atoms with Crippen LogP contribution in [0.3, 0.4) is 0 Å². The molecule has 4 rings (SSSR count). The second-order valence-electron chi connectivity index (χ2n) is 7.73. The monoisotopic (exact) mass is 454 g/mol. The average molecular weight is 455 g/mol. The lowest BCUT2D eigenvalue weighted by atomic mass is 9.95. The molecule has 1 unspecified atom stereocenters. The molecule has 7 heteroatoms. The van der Waals surface area contributed by atoms with Crippen LogP contribution < -0.4 is 5.32 Å². The summed E-state index contributed by atoms with van der Waals surface area (Å²) in [5.41, 5.74) is 4.58. The number of anilines is 1. The Balaban J connectivity index is 1.73. The number of hydrogen-bond acceptors (Lipinski definition) is 3. The van der Waals surface area contributed by atoms with Gasteiger partial charge in [0.05, 0.1) is 4.90 Å². The third kappa shape index (κ3) is 4.24. The van der Waals surface area contributed by atoms with E-state index in [1.807, 2.05) is 56.3 Å². The Morgan fingerprint density at radius 1 is 0.968 bits per heavy atom. The first-order valence-corrected chi connectivity index (χ1v) is 11.8. The van der Waals surface area contributed by atoms with Gasteiger partial charge in [-0.05, 0) is 72.9 Å². The Kier molecular flexibility index (Phi) is 5.88. The van der Waals surface area contributed by atoms with Crippen LogP contribution in [-0.4, -0.2) is 24.7 Å². The molecular weight excluding hydrogens is 432 g/mol. The first-order valence-electron chi connectivity index (χ1n) is 9.98. The molecule has 5 nitrogen and oxygen atoms in total. The molecule has 3 aromatic carbocycles. The maximum atomic E-state index is 13.5. The van der Waals surface area contributed by atoms with Crippen LogP contribution in [0.25, 0.3) is 0 Å². The van der Waals surface area contributed by atoms with Crippen LogP contribution in [-0.2, 0) is 27.8 Å². The summed E-state index contributed by atoms with van der Waals surface area (Å²) >= 11 is 5.94. The SMILES string of the molecule is Cc1cccc(NC(=O)C2Cc3ccccc3CN2S(=O)(=O)c2ccc(Cl)cc2)c1C. The Morgan fingerprint density at radius 3 is 2.35 bits per heavy atom. The van der Waals surface area contributed by atoms with Gasteiger partial charge in [0, 0.05) is 17.3 Å². The van der Waals surface area contributed by atoms with Crippen LogP contribution in [0.4, 0.5) is 5.69 Å². The molecular formula is C24H23ClN2O3S. The van der Waals surface area contributed by atoms with Crippen molar-refractivity contribution in [3.8, 4) is 0 Å². The van der Waals surface area contributed by atoms with Gasteiger partial charge in [-0.25, -0.2) is 8.42 Å². The molecule has 0 fully saturated rings. The second kappa shape index (κ2) is 8.46. The van der Waals surface area contributed by atoms with E-state index in [0.29, 0.717) is 17.1 Å². The minimum absolute atomic E-state index is 0.112. The van der Waals surface area contributed by atoms with Crippen molar-refractivity contribution in [1.29, 1.82) is 0 Å². The zero-order valence-electron chi connectivity index (χ0n) is 17.3. The average Bonchev–Trinajstić information content (AvgIpc) is 2.76. The summed E-state index contributed by atoms with van der Waals surface area (Å²) in [7, 11) is -3.91. The quantitative estimate of drug-likeness (QED) is 0.620. The number of carbonyl (C=O) groups excluding carboxylic acids is 1. The van der Waals surface area contributed by atoms with Crippen molar-refractivity contribution < 1.29 is 13.2 Å². The number of carbonyl (C=O) groups is 1. The molecule has 0 aliphatic carbocycles. The highest BCUT2D eigenvalue weighted by atomic mass is 35.5. The summed E-state index contributed by atoms with van der Waals surface area (Å²) in [5.74, 6) is -0.347. The maximum Gasteiger partial charge on any atom is 0.244 e. The predicted octanol–water partition coefficient (Wildman–Crippen LogP) is 4.71. The lowest BCUT2D eigenvalue weighted by Crippen LogP contribution is -2.50. The van der Waals surface area contributed by atoms with Gasteiger partial charge in [-0.3, -0.25) is 4.79 Å². The van der Waals surface area contributed by atoms with Gasteiger partial charge in [-0.15, -0.1) is 0 Å². The summed E-state index contributed by atoms with van der Waals surface area (Å²) in [5, 5.41) is 3.40. The number of sulfonamides is 1. The normalized spacial score (nSPS) is 16.5. The number of fused-ring (bicyclic) bond motifs is 1. The summed E-state index contributed by atoms with van der Waals surface area (Å²) in [6.45, 7) is 4.04. The fraction of sp³-hybridized carbons (Fsp3) is 0.208. The van der Waals surface area contributed by atoms with E-state index in [4.69, 9.17) is 11.6 Å². The standard InChI is InChI=1S/C24H23ClN2O3S/c1-16-6-5-9-22(17(16)2)26-24(28)23-14-18-7-3-4-8-19(18)15-27(23)31(29,30)21-12-10-20(25)11-13-21/h3-13,23H,14-15H2,1-2H3,(H,26,28). The smallest absolute Gasteiger partial charge is 0.244 e. The molecule has 0 aromatic heterocycles. The summed E-state index contributed by atoms with van der Waals surface area (Å²) in [4.78, 5) is 13.5. The van der Waals surface area contributed by atoms with Crippen molar-refractivity contribution in [1.82, 2.24) is 4.31 Å². The molecule has 0 spiro atoms. The number of aryl methyl sites for hydroxylation is 1.